The van der Waals surface area contributed by atoms with E-state index in [0.717, 1.165) is 31.2 Å². The van der Waals surface area contributed by atoms with Crippen LogP contribution in [0.4, 0.5) is 5.82 Å². The number of piperidine rings is 1. The molecule has 0 bridgehead atoms. The van der Waals surface area contributed by atoms with Gasteiger partial charge in [-0.3, -0.25) is 14.4 Å². The summed E-state index contributed by atoms with van der Waals surface area (Å²) >= 11 is 0. The minimum absolute atomic E-state index is 0. The van der Waals surface area contributed by atoms with E-state index in [0.29, 0.717) is 37.0 Å². The molecule has 0 spiro atoms. The number of nitrogens with one attached hydrogen (secondary N) is 2. The number of carbonyl (C=O) groups excluding carboxylic acids is 3. The number of methoxy groups -OCH3 is 1. The van der Waals surface area contributed by atoms with Crippen molar-refractivity contribution in [1.82, 2.24) is 19.8 Å². The van der Waals surface area contributed by atoms with Crippen LogP contribution < -0.4 is 15.4 Å². The Morgan fingerprint density at radius 3 is 2.30 bits per heavy atom. The van der Waals surface area contributed by atoms with Gasteiger partial charge in [0, 0.05) is 24.7 Å². The number of rotatable bonds is 11. The summed E-state index contributed by atoms with van der Waals surface area (Å²) in [6.07, 6.45) is 7.20. The summed E-state index contributed by atoms with van der Waals surface area (Å²) in [5.41, 5.74) is 1.34. The van der Waals surface area contributed by atoms with Crippen molar-refractivity contribution in [2.75, 3.05) is 25.5 Å². The SMILES string of the molecule is C.COc1ccc(C(C(=O)N2CCC(C)CC2)n2cnc(NC(=O)[C@@H](CCCc3ccccc3)NC(=O)C(C)(C)C)c2)cc1. The Hall–Kier alpha value is -4.14. The van der Waals surface area contributed by atoms with Crippen LogP contribution in [0.1, 0.15) is 78.0 Å². The first-order chi connectivity index (χ1) is 20.5. The lowest BCUT2D eigenvalue weighted by Crippen LogP contribution is -2.47. The van der Waals surface area contributed by atoms with Crippen LogP contribution in [0.2, 0.25) is 0 Å². The summed E-state index contributed by atoms with van der Waals surface area (Å²) in [6.45, 7) is 9.10. The van der Waals surface area contributed by atoms with Crippen molar-refractivity contribution in [3.63, 3.8) is 0 Å². The summed E-state index contributed by atoms with van der Waals surface area (Å²) in [5.74, 6) is 1.08. The van der Waals surface area contributed by atoms with E-state index in [2.05, 4.69) is 34.7 Å². The van der Waals surface area contributed by atoms with Crippen molar-refractivity contribution < 1.29 is 19.1 Å². The second kappa shape index (κ2) is 15.5. The van der Waals surface area contributed by atoms with Gasteiger partial charge in [-0.25, -0.2) is 4.98 Å². The molecule has 9 heteroatoms. The molecule has 2 heterocycles. The van der Waals surface area contributed by atoms with Crippen LogP contribution in [-0.2, 0) is 20.8 Å². The van der Waals surface area contributed by atoms with Crippen molar-refractivity contribution in [3.05, 3.63) is 78.2 Å². The first-order valence-corrected chi connectivity index (χ1v) is 15.2. The summed E-state index contributed by atoms with van der Waals surface area (Å²) in [5, 5.41) is 5.82. The van der Waals surface area contributed by atoms with Crippen LogP contribution in [0.5, 0.6) is 5.75 Å². The van der Waals surface area contributed by atoms with Crippen molar-refractivity contribution in [2.45, 2.75) is 79.3 Å². The Morgan fingerprint density at radius 1 is 1.02 bits per heavy atom. The van der Waals surface area contributed by atoms with E-state index >= 15 is 0 Å². The lowest BCUT2D eigenvalue weighted by atomic mass is 9.94. The van der Waals surface area contributed by atoms with Crippen LogP contribution in [0.25, 0.3) is 0 Å². The minimum Gasteiger partial charge on any atom is -0.497 e. The number of ether oxygens (including phenoxy) is 1. The van der Waals surface area contributed by atoms with E-state index in [4.69, 9.17) is 4.74 Å². The van der Waals surface area contributed by atoms with Gasteiger partial charge in [0.05, 0.1) is 13.4 Å². The van der Waals surface area contributed by atoms with E-state index in [-0.39, 0.29) is 25.1 Å². The number of benzene rings is 2. The number of likely N-dealkylation sites (tertiary alicyclic amines) is 1. The Kier molecular flexibility index (Phi) is 12.1. The molecule has 9 nitrogen and oxygen atoms in total. The first kappa shape index (κ1) is 34.4. The number of anilines is 1. The molecule has 1 aliphatic heterocycles. The Bertz CT molecular complexity index is 1360. The Morgan fingerprint density at radius 2 is 1.68 bits per heavy atom. The molecule has 1 unspecified atom stereocenters. The molecule has 1 fully saturated rings. The molecule has 2 atom stereocenters. The second-order valence-electron chi connectivity index (χ2n) is 12.5. The number of aryl methyl sites for hydroxylation is 1. The molecular weight excluding hydrogens is 554 g/mol. The average molecular weight is 604 g/mol. The van der Waals surface area contributed by atoms with Gasteiger partial charge in [-0.2, -0.15) is 0 Å². The van der Waals surface area contributed by atoms with Crippen molar-refractivity contribution in [1.29, 1.82) is 0 Å². The van der Waals surface area contributed by atoms with Crippen LogP contribution in [0.15, 0.2) is 67.1 Å². The second-order valence-corrected chi connectivity index (χ2v) is 12.5. The monoisotopic (exact) mass is 603 g/mol. The predicted octanol–water partition coefficient (Wildman–Crippen LogP) is 5.87. The van der Waals surface area contributed by atoms with Gasteiger partial charge in [0.2, 0.25) is 17.7 Å². The van der Waals surface area contributed by atoms with Crippen molar-refractivity contribution in [2.24, 2.45) is 11.3 Å². The minimum atomic E-state index is -0.727. The number of carbonyl (C=O) groups is 3. The standard InChI is InChI=1S/C34H45N5O4.CH4/c1-24-18-20-38(21-19-24)32(41)30(26-14-16-27(43-5)17-15-26)39-22-29(35-23-39)37-31(40)28(36-33(42)34(2,3)4)13-9-12-25-10-7-6-8-11-25;/h6-8,10-11,14-17,22-24,28,30H,9,12-13,18-21H2,1-5H3,(H,36,42)(H,37,40);1H4/t28-,30?;/m1./s1. The third kappa shape index (κ3) is 9.18. The highest BCUT2D eigenvalue weighted by atomic mass is 16.5. The number of hydrogen-bond donors (Lipinski definition) is 2. The predicted molar refractivity (Wildman–Crippen MR) is 174 cm³/mol. The molecule has 3 aromatic rings. The number of amides is 3. The van der Waals surface area contributed by atoms with E-state index in [1.165, 1.54) is 5.56 Å². The molecular formula is C35H49N5O4. The van der Waals surface area contributed by atoms with Gasteiger partial charge in [-0.05, 0) is 61.3 Å². The maximum Gasteiger partial charge on any atom is 0.250 e. The van der Waals surface area contributed by atoms with E-state index in [9.17, 15) is 14.4 Å². The van der Waals surface area contributed by atoms with E-state index in [1.807, 2.05) is 68.1 Å². The van der Waals surface area contributed by atoms with Gasteiger partial charge in [-0.1, -0.05) is 77.6 Å². The molecule has 1 aliphatic rings. The van der Waals surface area contributed by atoms with Gasteiger partial charge in [0.15, 0.2) is 5.82 Å². The first-order valence-electron chi connectivity index (χ1n) is 15.2. The van der Waals surface area contributed by atoms with Crippen LogP contribution in [0.3, 0.4) is 0 Å². The molecule has 1 aromatic heterocycles. The van der Waals surface area contributed by atoms with E-state index in [1.54, 1.807) is 24.2 Å². The molecule has 3 amide bonds. The average Bonchev–Trinajstić information content (AvgIpc) is 3.45. The van der Waals surface area contributed by atoms with Crippen LogP contribution in [0, 0.1) is 11.3 Å². The van der Waals surface area contributed by atoms with E-state index < -0.39 is 17.5 Å². The summed E-state index contributed by atoms with van der Waals surface area (Å²) < 4.78 is 7.07. The maximum atomic E-state index is 13.9. The molecule has 44 heavy (non-hydrogen) atoms. The molecule has 2 N–H and O–H groups in total. The topological polar surface area (TPSA) is 106 Å². The molecule has 4 rings (SSSR count). The van der Waals surface area contributed by atoms with Gasteiger partial charge in [-0.15, -0.1) is 0 Å². The summed E-state index contributed by atoms with van der Waals surface area (Å²) in [4.78, 5) is 46.5. The fourth-order valence-electron chi connectivity index (χ4n) is 5.18. The van der Waals surface area contributed by atoms with Crippen LogP contribution >= 0.6 is 0 Å². The number of aromatic nitrogens is 2. The van der Waals surface area contributed by atoms with Crippen molar-refractivity contribution >= 4 is 23.5 Å². The molecule has 0 aliphatic carbocycles. The zero-order valence-corrected chi connectivity index (χ0v) is 26.0. The maximum absolute atomic E-state index is 13.9. The molecule has 1 saturated heterocycles. The third-order valence-corrected chi connectivity index (χ3v) is 8.02. The number of imidazole rings is 1. The lowest BCUT2D eigenvalue weighted by Gasteiger charge is -2.33. The summed E-state index contributed by atoms with van der Waals surface area (Å²) in [7, 11) is 1.61. The Labute approximate surface area is 262 Å². The Balaban J connectivity index is 0.00000529. The molecule has 0 saturated carbocycles. The van der Waals surface area contributed by atoms with Gasteiger partial charge >= 0.3 is 0 Å². The van der Waals surface area contributed by atoms with Crippen molar-refractivity contribution in [3.8, 4) is 5.75 Å². The highest BCUT2D eigenvalue weighted by molar-refractivity contribution is 5.97. The van der Waals surface area contributed by atoms with Crippen LogP contribution in [-0.4, -0.2) is 58.4 Å². The van der Waals surface area contributed by atoms with Gasteiger partial charge < -0.3 is 24.8 Å². The lowest BCUT2D eigenvalue weighted by molar-refractivity contribution is -0.135. The fraction of sp³-hybridized carbons (Fsp3) is 0.486. The summed E-state index contributed by atoms with van der Waals surface area (Å²) in [6, 6.07) is 16.2. The fourth-order valence-corrected chi connectivity index (χ4v) is 5.18. The smallest absolute Gasteiger partial charge is 0.250 e. The molecule has 238 valence electrons. The quantitative estimate of drug-likeness (QED) is 0.285. The normalized spacial score (nSPS) is 15.1. The largest absolute Gasteiger partial charge is 0.497 e. The molecule has 0 radical (unpaired) electrons. The highest BCUT2D eigenvalue weighted by Crippen LogP contribution is 2.27. The zero-order valence-electron chi connectivity index (χ0n) is 26.0. The number of nitrogens with zero attached hydrogens (tertiary/aromatic N) is 3. The third-order valence-electron chi connectivity index (χ3n) is 8.02. The van der Waals surface area contributed by atoms with Gasteiger partial charge in [0.1, 0.15) is 17.8 Å². The number of hydrogen-bond acceptors (Lipinski definition) is 5. The highest BCUT2D eigenvalue weighted by Gasteiger charge is 2.31. The van der Waals surface area contributed by atoms with Gasteiger partial charge in [0.25, 0.3) is 0 Å². The zero-order chi connectivity index (χ0) is 31.0. The molecule has 2 aromatic carbocycles.